The van der Waals surface area contributed by atoms with E-state index in [1.807, 2.05) is 30.9 Å². The Kier molecular flexibility index (Phi) is 14.7. The summed E-state index contributed by atoms with van der Waals surface area (Å²) < 4.78 is 19.6. The Morgan fingerprint density at radius 1 is 0.984 bits per heavy atom. The number of amides is 6. The van der Waals surface area contributed by atoms with E-state index >= 15 is 0 Å². The Labute approximate surface area is 383 Å². The van der Waals surface area contributed by atoms with Crippen molar-refractivity contribution in [2.24, 2.45) is 0 Å². The molecule has 0 saturated carbocycles. The van der Waals surface area contributed by atoms with Gasteiger partial charge in [-0.2, -0.15) is 0 Å². The number of halogens is 3. The number of anilines is 2. The minimum absolute atomic E-state index is 0.0156. The molecule has 19 heteroatoms. The summed E-state index contributed by atoms with van der Waals surface area (Å²) in [5, 5.41) is 13.0. The molecule has 2 saturated heterocycles. The van der Waals surface area contributed by atoms with Crippen LogP contribution in [-0.2, 0) is 27.3 Å². The molecular weight excluding hydrogens is 887 g/mol. The Morgan fingerprint density at radius 3 is 2.47 bits per heavy atom. The molecule has 4 N–H and O–H groups in total. The van der Waals surface area contributed by atoms with Crippen LogP contribution in [0.2, 0.25) is 10.0 Å². The number of piperazine rings is 1. The first-order valence-electron chi connectivity index (χ1n) is 21.0. The third-order valence-corrected chi connectivity index (χ3v) is 13.4. The SMILES string of the molecule is C[C@@H]1CN(C(=O)c2ccc(NC(=O)c3cc(OCCc4c(Cl)ccc(F)c4Cl)c(N)nn3)cc2)C[C@H](C)N1C(=O)CCCCCSc1cccc2c1CN([C@@H]1CCC(=O)NC1=O)C2=O. The number of hydrogen-bond acceptors (Lipinski definition) is 11. The number of unbranched alkanes of at least 4 members (excludes halogenated alkanes) is 2. The van der Waals surface area contributed by atoms with Gasteiger partial charge < -0.3 is 30.5 Å². The second kappa shape index (κ2) is 20.4. The van der Waals surface area contributed by atoms with Crippen molar-refractivity contribution >= 4 is 81.9 Å². The van der Waals surface area contributed by atoms with Gasteiger partial charge in [0, 0.05) is 83.8 Å². The van der Waals surface area contributed by atoms with Gasteiger partial charge in [-0.15, -0.1) is 22.0 Å². The fraction of sp³-hybridized carbons (Fsp3) is 0.378. The summed E-state index contributed by atoms with van der Waals surface area (Å²) in [6, 6.07) is 14.9. The lowest BCUT2D eigenvalue weighted by atomic mass is 10.0. The smallest absolute Gasteiger partial charge is 0.276 e. The monoisotopic (exact) mass is 932 g/mol. The maximum Gasteiger partial charge on any atom is 0.276 e. The molecule has 3 aliphatic heterocycles. The molecule has 3 atom stereocenters. The number of carbonyl (C=O) groups is 6. The van der Waals surface area contributed by atoms with Gasteiger partial charge in [-0.3, -0.25) is 34.1 Å². The summed E-state index contributed by atoms with van der Waals surface area (Å²) >= 11 is 13.9. The second-order valence-corrected chi connectivity index (χ2v) is 17.9. The minimum Gasteiger partial charge on any atom is -0.489 e. The van der Waals surface area contributed by atoms with Crippen LogP contribution in [0.25, 0.3) is 0 Å². The number of imide groups is 1. The van der Waals surface area contributed by atoms with E-state index < -0.39 is 23.7 Å². The molecule has 2 fully saturated rings. The highest BCUT2D eigenvalue weighted by Crippen LogP contribution is 2.35. The van der Waals surface area contributed by atoms with Crippen LogP contribution >= 0.6 is 35.0 Å². The first kappa shape index (κ1) is 46.2. The third kappa shape index (κ3) is 10.4. The molecule has 336 valence electrons. The van der Waals surface area contributed by atoms with Gasteiger partial charge in [0.2, 0.25) is 17.7 Å². The first-order valence-corrected chi connectivity index (χ1v) is 22.7. The molecule has 6 amide bonds. The fourth-order valence-corrected chi connectivity index (χ4v) is 9.94. The van der Waals surface area contributed by atoms with Crippen molar-refractivity contribution in [1.82, 2.24) is 30.2 Å². The number of rotatable bonds is 15. The number of benzene rings is 3. The zero-order valence-corrected chi connectivity index (χ0v) is 37.5. The van der Waals surface area contributed by atoms with E-state index in [-0.39, 0.29) is 82.5 Å². The van der Waals surface area contributed by atoms with E-state index in [4.69, 9.17) is 33.7 Å². The van der Waals surface area contributed by atoms with Crippen molar-refractivity contribution in [1.29, 1.82) is 0 Å². The van der Waals surface area contributed by atoms with Crippen molar-refractivity contribution < 1.29 is 37.9 Å². The highest BCUT2D eigenvalue weighted by Gasteiger charge is 2.40. The number of hydrogen-bond donors (Lipinski definition) is 3. The van der Waals surface area contributed by atoms with E-state index in [1.165, 1.54) is 18.2 Å². The highest BCUT2D eigenvalue weighted by molar-refractivity contribution is 7.99. The summed E-state index contributed by atoms with van der Waals surface area (Å²) in [4.78, 5) is 83.5. The predicted molar refractivity (Wildman–Crippen MR) is 240 cm³/mol. The number of ether oxygens (including phenoxy) is 1. The van der Waals surface area contributed by atoms with Crippen LogP contribution < -0.4 is 21.1 Å². The van der Waals surface area contributed by atoms with Crippen molar-refractivity contribution in [3.05, 3.63) is 104 Å². The van der Waals surface area contributed by atoms with Crippen LogP contribution in [0.15, 0.2) is 65.6 Å². The van der Waals surface area contributed by atoms with Gasteiger partial charge >= 0.3 is 0 Å². The molecule has 4 aromatic rings. The number of nitrogens with two attached hydrogens (primary N) is 1. The fourth-order valence-electron chi connectivity index (χ4n) is 8.28. The summed E-state index contributed by atoms with van der Waals surface area (Å²) in [5.41, 5.74) is 8.55. The van der Waals surface area contributed by atoms with Crippen LogP contribution in [0.4, 0.5) is 15.9 Å². The lowest BCUT2D eigenvalue weighted by Gasteiger charge is -2.44. The number of nitrogens with zero attached hydrogens (tertiary/aromatic N) is 5. The highest BCUT2D eigenvalue weighted by atomic mass is 35.5. The van der Waals surface area contributed by atoms with Gasteiger partial charge in [-0.1, -0.05) is 35.7 Å². The van der Waals surface area contributed by atoms with E-state index in [1.54, 1.807) is 51.9 Å². The lowest BCUT2D eigenvalue weighted by molar-refractivity contribution is -0.139. The average molecular weight is 934 g/mol. The Morgan fingerprint density at radius 2 is 1.73 bits per heavy atom. The third-order valence-electron chi connectivity index (χ3n) is 11.5. The quantitative estimate of drug-likeness (QED) is 0.0506. The molecule has 64 heavy (non-hydrogen) atoms. The van der Waals surface area contributed by atoms with Crippen molar-refractivity contribution in [3.8, 4) is 5.75 Å². The number of aromatic nitrogens is 2. The molecule has 15 nitrogen and oxygen atoms in total. The Hall–Kier alpha value is -5.78. The van der Waals surface area contributed by atoms with Crippen LogP contribution in [0, 0.1) is 5.82 Å². The molecule has 3 aromatic carbocycles. The van der Waals surface area contributed by atoms with Crippen LogP contribution in [-0.4, -0.2) is 104 Å². The number of carbonyl (C=O) groups excluding carboxylic acids is 6. The topological polar surface area (TPSA) is 197 Å². The molecule has 0 radical (unpaired) electrons. The largest absolute Gasteiger partial charge is 0.489 e. The maximum absolute atomic E-state index is 13.9. The summed E-state index contributed by atoms with van der Waals surface area (Å²) in [5.74, 6) is -1.43. The zero-order chi connectivity index (χ0) is 45.7. The number of nitrogens with one attached hydrogen (secondary N) is 2. The van der Waals surface area contributed by atoms with Gasteiger partial charge in [0.15, 0.2) is 17.3 Å². The molecular formula is C45H47Cl2FN8O7S. The first-order chi connectivity index (χ1) is 30.7. The number of piperidine rings is 1. The molecule has 0 bridgehead atoms. The van der Waals surface area contributed by atoms with E-state index in [9.17, 15) is 33.2 Å². The second-order valence-electron chi connectivity index (χ2n) is 16.0. The van der Waals surface area contributed by atoms with Gasteiger partial charge in [0.1, 0.15) is 11.9 Å². The minimum atomic E-state index is -0.656. The molecule has 7 rings (SSSR count). The number of thioether (sulfide) groups is 1. The lowest BCUT2D eigenvalue weighted by Crippen LogP contribution is -2.59. The van der Waals surface area contributed by atoms with Gasteiger partial charge in [-0.05, 0) is 98.5 Å². The maximum atomic E-state index is 13.9. The summed E-state index contributed by atoms with van der Waals surface area (Å²) in [6.07, 6.45) is 3.53. The van der Waals surface area contributed by atoms with Gasteiger partial charge in [0.05, 0.1) is 11.6 Å². The molecule has 3 aliphatic rings. The normalized spacial score (nSPS) is 18.5. The van der Waals surface area contributed by atoms with Gasteiger partial charge in [0.25, 0.3) is 17.7 Å². The molecule has 0 spiro atoms. The van der Waals surface area contributed by atoms with E-state index in [2.05, 4.69) is 20.8 Å². The molecule has 0 aliphatic carbocycles. The van der Waals surface area contributed by atoms with E-state index in [0.717, 1.165) is 35.5 Å². The average Bonchev–Trinajstić information content (AvgIpc) is 3.60. The van der Waals surface area contributed by atoms with Crippen molar-refractivity contribution in [2.45, 2.75) is 88.4 Å². The number of fused-ring (bicyclic) bond motifs is 1. The summed E-state index contributed by atoms with van der Waals surface area (Å²) in [7, 11) is 0. The van der Waals surface area contributed by atoms with Crippen molar-refractivity contribution in [3.63, 3.8) is 0 Å². The Balaban J connectivity index is 0.835. The molecule has 1 aromatic heterocycles. The Bertz CT molecular complexity index is 2470. The number of nitrogen functional groups attached to an aromatic ring is 1. The summed E-state index contributed by atoms with van der Waals surface area (Å²) in [6.45, 7) is 4.98. The van der Waals surface area contributed by atoms with Gasteiger partial charge in [-0.25, -0.2) is 4.39 Å². The zero-order valence-electron chi connectivity index (χ0n) is 35.2. The van der Waals surface area contributed by atoms with Crippen LogP contribution in [0.1, 0.15) is 94.7 Å². The standard InChI is InChI=1S/C45H47Cl2FN8O7S/c1-25-22-54(44(61)27-10-12-28(13-11-27)50-42(59)34-21-36(41(49)53-52-34)63-19-18-30-32(46)14-15-33(48)40(30)47)23-26(2)56(25)39(58)9-4-3-5-20-64-37-8-6-7-29-31(37)24-55(45(29)62)35-16-17-38(57)51-43(35)60/h6-8,10-15,21,25-26,35H,3-5,9,16-20,22-24H2,1-2H3,(H2,49,53)(H,50,59)(H,51,57,60)/t25-,26+,35-/m1/s1. The van der Waals surface area contributed by atoms with E-state index in [0.29, 0.717) is 54.9 Å². The van der Waals surface area contributed by atoms with Crippen LogP contribution in [0.3, 0.4) is 0 Å². The molecule has 0 unspecified atom stereocenters. The molecule has 4 heterocycles. The predicted octanol–water partition coefficient (Wildman–Crippen LogP) is 6.55. The van der Waals surface area contributed by atoms with Crippen LogP contribution in [0.5, 0.6) is 5.75 Å². The van der Waals surface area contributed by atoms with Crippen molar-refractivity contribution in [2.75, 3.05) is 36.5 Å².